The van der Waals surface area contributed by atoms with E-state index in [1.54, 1.807) is 0 Å². The molecule has 0 radical (unpaired) electrons. The van der Waals surface area contributed by atoms with Gasteiger partial charge in [0.2, 0.25) is 0 Å². The van der Waals surface area contributed by atoms with Crippen LogP contribution < -0.4 is 0 Å². The van der Waals surface area contributed by atoms with Gasteiger partial charge in [0.25, 0.3) is 0 Å². The van der Waals surface area contributed by atoms with Crippen LogP contribution in [0.5, 0.6) is 0 Å². The second-order valence-electron chi connectivity index (χ2n) is 15.8. The summed E-state index contributed by atoms with van der Waals surface area (Å²) in [7, 11) is -4.69. The number of hydrogen-bond donors (Lipinski definition) is 6. The number of ether oxygens (including phenoxy) is 2. The molecule has 1 saturated heterocycles. The molecule has 11 nitrogen and oxygen atoms in total. The van der Waals surface area contributed by atoms with Crippen molar-refractivity contribution >= 4 is 10.4 Å². The van der Waals surface area contributed by atoms with Crippen LogP contribution in [0.3, 0.4) is 0 Å². The average Bonchev–Trinajstić information content (AvgIpc) is 3.22. The fourth-order valence-electron chi connectivity index (χ4n) is 10.8. The van der Waals surface area contributed by atoms with Crippen LogP contribution in [-0.2, 0) is 24.1 Å². The predicted octanol–water partition coefficient (Wildman–Crippen LogP) is 2.67. The summed E-state index contributed by atoms with van der Waals surface area (Å²) in [5.74, 6) is 0.540. The van der Waals surface area contributed by atoms with Crippen LogP contribution in [-0.4, -0.2) is 94.1 Å². The second kappa shape index (κ2) is 12.9. The Hall–Kier alpha value is -0.410. The zero-order valence-electron chi connectivity index (χ0n) is 26.9. The molecule has 256 valence electrons. The molecule has 1 heterocycles. The number of rotatable bonds is 9. The van der Waals surface area contributed by atoms with Crippen LogP contribution in [0.15, 0.2) is 0 Å². The second-order valence-corrected chi connectivity index (χ2v) is 16.9. The van der Waals surface area contributed by atoms with Gasteiger partial charge in [0.05, 0.1) is 31.0 Å². The third-order valence-electron chi connectivity index (χ3n) is 13.0. The van der Waals surface area contributed by atoms with E-state index in [2.05, 4.69) is 20.8 Å². The van der Waals surface area contributed by atoms with Gasteiger partial charge in [0.1, 0.15) is 18.3 Å². The van der Waals surface area contributed by atoms with E-state index in [0.717, 1.165) is 25.7 Å². The molecular weight excluding hydrogens is 592 g/mol. The molecule has 0 aromatic carbocycles. The van der Waals surface area contributed by atoms with Gasteiger partial charge in [0, 0.05) is 0 Å². The van der Waals surface area contributed by atoms with E-state index in [1.165, 1.54) is 0 Å². The lowest BCUT2D eigenvalue weighted by Gasteiger charge is -2.62. The maximum atomic E-state index is 12.1. The lowest BCUT2D eigenvalue weighted by Crippen LogP contribution is -2.59. The molecule has 4 saturated carbocycles. The van der Waals surface area contributed by atoms with Gasteiger partial charge in [0.15, 0.2) is 6.29 Å². The summed E-state index contributed by atoms with van der Waals surface area (Å²) in [4.78, 5) is 0. The molecule has 0 amide bonds. The molecule has 44 heavy (non-hydrogen) atoms. The highest BCUT2D eigenvalue weighted by Gasteiger charge is 2.65. The first-order chi connectivity index (χ1) is 20.5. The van der Waals surface area contributed by atoms with E-state index in [1.807, 2.05) is 13.8 Å². The monoisotopic (exact) mass is 648 g/mol. The maximum Gasteiger partial charge on any atom is 0.397 e. The van der Waals surface area contributed by atoms with E-state index in [9.17, 15) is 38.5 Å². The van der Waals surface area contributed by atoms with Crippen molar-refractivity contribution in [1.29, 1.82) is 0 Å². The highest BCUT2D eigenvalue weighted by Crippen LogP contribution is 2.69. The maximum absolute atomic E-state index is 12.1. The average molecular weight is 649 g/mol. The van der Waals surface area contributed by atoms with Crippen LogP contribution in [0, 0.1) is 52.3 Å². The Labute approximate surface area is 262 Å². The minimum Gasteiger partial charge on any atom is -0.393 e. The summed E-state index contributed by atoms with van der Waals surface area (Å²) in [6.45, 7) is 10.6. The number of hydrogen-bond acceptors (Lipinski definition) is 10. The van der Waals surface area contributed by atoms with Crippen molar-refractivity contribution < 1.29 is 52.2 Å². The molecule has 5 fully saturated rings. The first-order valence-electron chi connectivity index (χ1n) is 16.8. The lowest BCUT2D eigenvalue weighted by molar-refractivity contribution is -0.286. The molecule has 16 atom stereocenters. The molecule has 5 rings (SSSR count). The van der Waals surface area contributed by atoms with Gasteiger partial charge in [-0.1, -0.05) is 34.6 Å². The van der Waals surface area contributed by atoms with Gasteiger partial charge in [-0.15, -0.1) is 0 Å². The Balaban J connectivity index is 1.34. The van der Waals surface area contributed by atoms with E-state index < -0.39 is 53.3 Å². The lowest BCUT2D eigenvalue weighted by atomic mass is 9.43. The van der Waals surface area contributed by atoms with E-state index in [4.69, 9.17) is 13.7 Å². The molecule has 6 N–H and O–H groups in total. The molecular formula is C32H56O11S. The van der Waals surface area contributed by atoms with Crippen molar-refractivity contribution in [3.8, 4) is 0 Å². The topological polar surface area (TPSA) is 183 Å². The summed E-state index contributed by atoms with van der Waals surface area (Å²) in [6, 6.07) is 0. The van der Waals surface area contributed by atoms with Crippen molar-refractivity contribution in [2.24, 2.45) is 52.3 Å². The predicted molar refractivity (Wildman–Crippen MR) is 160 cm³/mol. The summed E-state index contributed by atoms with van der Waals surface area (Å²) < 4.78 is 51.2. The Bertz CT molecular complexity index is 1100. The van der Waals surface area contributed by atoms with Crippen LogP contribution in [0.25, 0.3) is 0 Å². The van der Waals surface area contributed by atoms with Gasteiger partial charge in [-0.25, -0.2) is 4.18 Å². The van der Waals surface area contributed by atoms with Crippen molar-refractivity contribution in [1.82, 2.24) is 0 Å². The van der Waals surface area contributed by atoms with Gasteiger partial charge < -0.3 is 35.0 Å². The first-order valence-corrected chi connectivity index (χ1v) is 18.2. The SMILES string of the molecule is CC(C)[C@H](CC[C@@H](C)[C@H]1C[C@H](OS(=O)(=O)O)[C@H]2[C@@H]3C[C@H](O)C4C[C@@H](O)CC[C@]4(C)[C@H]3CC[C@@]21C)OC1OCC(O)C(O)C1O. The Morgan fingerprint density at radius 3 is 2.20 bits per heavy atom. The van der Waals surface area contributed by atoms with Crippen molar-refractivity contribution in [2.45, 2.75) is 141 Å². The Kier molecular flexibility index (Phi) is 10.2. The molecule has 5 aliphatic rings. The van der Waals surface area contributed by atoms with E-state index in [-0.39, 0.29) is 65.0 Å². The summed E-state index contributed by atoms with van der Waals surface area (Å²) >= 11 is 0. The number of aliphatic hydroxyl groups is 5. The van der Waals surface area contributed by atoms with Gasteiger partial charge in [-0.3, -0.25) is 4.55 Å². The highest BCUT2D eigenvalue weighted by molar-refractivity contribution is 7.80. The normalized spacial score (nSPS) is 49.2. The van der Waals surface area contributed by atoms with Crippen LogP contribution in [0.2, 0.25) is 0 Å². The molecule has 0 bridgehead atoms. The quantitative estimate of drug-likeness (QED) is 0.202. The minimum absolute atomic E-state index is 0.0120. The molecule has 0 aromatic heterocycles. The van der Waals surface area contributed by atoms with E-state index in [0.29, 0.717) is 32.1 Å². The zero-order chi connectivity index (χ0) is 32.4. The molecule has 12 heteroatoms. The fraction of sp³-hybridized carbons (Fsp3) is 1.00. The minimum atomic E-state index is -4.69. The van der Waals surface area contributed by atoms with Gasteiger partial charge in [-0.2, -0.15) is 8.42 Å². The first kappa shape index (κ1) is 34.9. The number of aliphatic hydroxyl groups excluding tert-OH is 5. The summed E-state index contributed by atoms with van der Waals surface area (Å²) in [6.07, 6.45) is -0.441. The van der Waals surface area contributed by atoms with Crippen LogP contribution >= 0.6 is 0 Å². The van der Waals surface area contributed by atoms with Crippen molar-refractivity contribution in [3.63, 3.8) is 0 Å². The summed E-state index contributed by atoms with van der Waals surface area (Å²) in [5.41, 5.74) is -0.406. The third kappa shape index (κ3) is 6.51. The van der Waals surface area contributed by atoms with E-state index >= 15 is 0 Å². The summed E-state index contributed by atoms with van der Waals surface area (Å²) in [5, 5.41) is 52.2. The largest absolute Gasteiger partial charge is 0.397 e. The fourth-order valence-corrected chi connectivity index (χ4v) is 11.3. The Morgan fingerprint density at radius 2 is 1.55 bits per heavy atom. The smallest absolute Gasteiger partial charge is 0.393 e. The zero-order valence-corrected chi connectivity index (χ0v) is 27.7. The van der Waals surface area contributed by atoms with Crippen molar-refractivity contribution in [3.05, 3.63) is 0 Å². The molecule has 0 spiro atoms. The molecule has 5 unspecified atom stereocenters. The number of fused-ring (bicyclic) bond motifs is 5. The van der Waals surface area contributed by atoms with Crippen molar-refractivity contribution in [2.75, 3.05) is 6.61 Å². The molecule has 0 aromatic rings. The standard InChI is InChI=1S/C32H56O11S/c1-16(2)25(42-30-29(37)28(36)24(35)15-41-30)7-6-17(3)21-14-26(43-44(38,39)40)27-19-13-23(34)22-12-18(33)8-10-31(22,4)20(19)9-11-32(21,27)5/h16-30,33-37H,6-15H2,1-5H3,(H,38,39,40)/t17-,18+,19-,20+,21-,22?,23+,24?,25+,26+,27-,28?,29?,30?,31-,32-/m1/s1. The highest BCUT2D eigenvalue weighted by atomic mass is 32.3. The third-order valence-corrected chi connectivity index (χ3v) is 13.5. The van der Waals surface area contributed by atoms with Gasteiger partial charge >= 0.3 is 10.4 Å². The molecule has 4 aliphatic carbocycles. The molecule has 1 aliphatic heterocycles. The van der Waals surface area contributed by atoms with Crippen LogP contribution in [0.4, 0.5) is 0 Å². The van der Waals surface area contributed by atoms with Crippen LogP contribution in [0.1, 0.15) is 92.4 Å². The Morgan fingerprint density at radius 1 is 0.864 bits per heavy atom. The van der Waals surface area contributed by atoms with Gasteiger partial charge in [-0.05, 0) is 110 Å².